The largest absolute Gasteiger partial charge is 0.378 e. The van der Waals surface area contributed by atoms with E-state index >= 15 is 0 Å². The summed E-state index contributed by atoms with van der Waals surface area (Å²) in [5.74, 6) is 0. The number of nitrogens with one attached hydrogen (secondary N) is 1. The summed E-state index contributed by atoms with van der Waals surface area (Å²) in [6.45, 7) is 3.62. The van der Waals surface area contributed by atoms with E-state index in [1.54, 1.807) is 0 Å². The van der Waals surface area contributed by atoms with Crippen molar-refractivity contribution in [3.8, 4) is 0 Å². The van der Waals surface area contributed by atoms with Gasteiger partial charge in [-0.1, -0.05) is 0 Å². The SMILES string of the molecule is CCOCC1(F)CNC1. The molecule has 0 aromatic rings. The molecule has 1 aliphatic heterocycles. The Morgan fingerprint density at radius 2 is 2.33 bits per heavy atom. The molecule has 0 bridgehead atoms. The normalized spacial score (nSPS) is 23.3. The Kier molecular flexibility index (Phi) is 2.03. The molecule has 1 fully saturated rings. The van der Waals surface area contributed by atoms with Gasteiger partial charge in [-0.3, -0.25) is 0 Å². The number of ether oxygens (including phenoxy) is 1. The van der Waals surface area contributed by atoms with E-state index in [9.17, 15) is 4.39 Å². The molecule has 1 heterocycles. The van der Waals surface area contributed by atoms with Crippen LogP contribution in [0.4, 0.5) is 4.39 Å². The molecule has 3 heteroatoms. The predicted molar refractivity (Wildman–Crippen MR) is 33.2 cm³/mol. The molecule has 2 nitrogen and oxygen atoms in total. The Labute approximate surface area is 54.4 Å². The molecule has 9 heavy (non-hydrogen) atoms. The van der Waals surface area contributed by atoms with E-state index in [-0.39, 0.29) is 6.61 Å². The highest BCUT2D eigenvalue weighted by atomic mass is 19.1. The second kappa shape index (κ2) is 2.62. The van der Waals surface area contributed by atoms with Gasteiger partial charge < -0.3 is 10.1 Å². The van der Waals surface area contributed by atoms with Gasteiger partial charge in [0.2, 0.25) is 0 Å². The van der Waals surface area contributed by atoms with E-state index in [2.05, 4.69) is 5.32 Å². The van der Waals surface area contributed by atoms with Crippen LogP contribution in [-0.2, 0) is 4.74 Å². The van der Waals surface area contributed by atoms with Crippen molar-refractivity contribution < 1.29 is 9.13 Å². The lowest BCUT2D eigenvalue weighted by atomic mass is 10.0. The third-order valence-electron chi connectivity index (χ3n) is 1.45. The van der Waals surface area contributed by atoms with Crippen molar-refractivity contribution in [2.75, 3.05) is 26.3 Å². The van der Waals surface area contributed by atoms with Crippen LogP contribution in [0, 0.1) is 0 Å². The van der Waals surface area contributed by atoms with Crippen molar-refractivity contribution in [1.29, 1.82) is 0 Å². The fourth-order valence-corrected chi connectivity index (χ4v) is 0.783. The van der Waals surface area contributed by atoms with Crippen LogP contribution >= 0.6 is 0 Å². The van der Waals surface area contributed by atoms with Gasteiger partial charge in [0.1, 0.15) is 0 Å². The molecule has 0 spiro atoms. The first kappa shape index (κ1) is 6.96. The van der Waals surface area contributed by atoms with E-state index in [0.29, 0.717) is 19.7 Å². The second-order valence-corrected chi connectivity index (χ2v) is 2.39. The third kappa shape index (κ3) is 1.63. The summed E-state index contributed by atoms with van der Waals surface area (Å²) < 4.78 is 17.8. The average Bonchev–Trinajstić information content (AvgIpc) is 1.79. The van der Waals surface area contributed by atoms with E-state index in [1.807, 2.05) is 6.92 Å². The van der Waals surface area contributed by atoms with Crippen LogP contribution in [0.15, 0.2) is 0 Å². The molecular weight excluding hydrogens is 121 g/mol. The summed E-state index contributed by atoms with van der Waals surface area (Å²) >= 11 is 0. The Hall–Kier alpha value is -0.150. The van der Waals surface area contributed by atoms with E-state index in [0.717, 1.165) is 0 Å². The van der Waals surface area contributed by atoms with Crippen molar-refractivity contribution >= 4 is 0 Å². The van der Waals surface area contributed by atoms with Gasteiger partial charge in [-0.25, -0.2) is 4.39 Å². The smallest absolute Gasteiger partial charge is 0.158 e. The molecule has 0 saturated carbocycles. The van der Waals surface area contributed by atoms with Gasteiger partial charge in [-0.05, 0) is 6.92 Å². The molecular formula is C6H12FNO. The molecule has 0 atom stereocenters. The van der Waals surface area contributed by atoms with E-state index in [1.165, 1.54) is 0 Å². The maximum absolute atomic E-state index is 12.9. The van der Waals surface area contributed by atoms with Gasteiger partial charge in [-0.15, -0.1) is 0 Å². The average molecular weight is 133 g/mol. The van der Waals surface area contributed by atoms with Gasteiger partial charge in [0, 0.05) is 19.7 Å². The van der Waals surface area contributed by atoms with Crippen LogP contribution in [0.2, 0.25) is 0 Å². The van der Waals surface area contributed by atoms with E-state index < -0.39 is 5.67 Å². The van der Waals surface area contributed by atoms with Crippen molar-refractivity contribution in [1.82, 2.24) is 5.32 Å². The summed E-state index contributed by atoms with van der Waals surface area (Å²) in [5.41, 5.74) is -1.06. The minimum Gasteiger partial charge on any atom is -0.378 e. The zero-order valence-corrected chi connectivity index (χ0v) is 5.61. The monoisotopic (exact) mass is 133 g/mol. The standard InChI is InChI=1S/C6H12FNO/c1-2-9-5-6(7)3-8-4-6/h8H,2-5H2,1H3. The van der Waals surface area contributed by atoms with Crippen LogP contribution in [0.3, 0.4) is 0 Å². The third-order valence-corrected chi connectivity index (χ3v) is 1.45. The summed E-state index contributed by atoms with van der Waals surface area (Å²) in [5, 5.41) is 2.86. The highest BCUT2D eigenvalue weighted by Crippen LogP contribution is 2.15. The van der Waals surface area contributed by atoms with Crippen LogP contribution < -0.4 is 5.32 Å². The summed E-state index contributed by atoms with van der Waals surface area (Å²) in [7, 11) is 0. The Morgan fingerprint density at radius 1 is 1.67 bits per heavy atom. The van der Waals surface area contributed by atoms with Crippen molar-refractivity contribution in [2.24, 2.45) is 0 Å². The highest BCUT2D eigenvalue weighted by molar-refractivity contribution is 4.92. The summed E-state index contributed by atoms with van der Waals surface area (Å²) in [6, 6.07) is 0. The van der Waals surface area contributed by atoms with Gasteiger partial charge in [0.15, 0.2) is 5.67 Å². The Bertz CT molecular complexity index is 93.1. The van der Waals surface area contributed by atoms with Crippen molar-refractivity contribution in [2.45, 2.75) is 12.6 Å². The molecule has 0 aromatic heterocycles. The lowest BCUT2D eigenvalue weighted by molar-refractivity contribution is -0.0132. The van der Waals surface area contributed by atoms with Gasteiger partial charge in [-0.2, -0.15) is 0 Å². The van der Waals surface area contributed by atoms with Crippen LogP contribution in [0.25, 0.3) is 0 Å². The maximum Gasteiger partial charge on any atom is 0.158 e. The lowest BCUT2D eigenvalue weighted by Crippen LogP contribution is -2.58. The van der Waals surface area contributed by atoms with Crippen molar-refractivity contribution in [3.63, 3.8) is 0 Å². The van der Waals surface area contributed by atoms with Crippen molar-refractivity contribution in [3.05, 3.63) is 0 Å². The number of rotatable bonds is 3. The second-order valence-electron chi connectivity index (χ2n) is 2.39. The molecule has 1 aliphatic rings. The van der Waals surface area contributed by atoms with E-state index in [4.69, 9.17) is 4.74 Å². The zero-order chi connectivity index (χ0) is 6.74. The summed E-state index contributed by atoms with van der Waals surface area (Å²) in [4.78, 5) is 0. The van der Waals surface area contributed by atoms with Gasteiger partial charge in [0.05, 0.1) is 6.61 Å². The molecule has 0 radical (unpaired) electrons. The minimum atomic E-state index is -1.06. The molecule has 0 aromatic carbocycles. The first-order chi connectivity index (χ1) is 4.27. The molecule has 1 N–H and O–H groups in total. The molecule has 1 saturated heterocycles. The molecule has 0 unspecified atom stereocenters. The lowest BCUT2D eigenvalue weighted by Gasteiger charge is -2.34. The maximum atomic E-state index is 12.9. The first-order valence-corrected chi connectivity index (χ1v) is 3.24. The zero-order valence-electron chi connectivity index (χ0n) is 5.61. The molecule has 54 valence electrons. The topological polar surface area (TPSA) is 21.3 Å². The van der Waals surface area contributed by atoms with Gasteiger partial charge in [0.25, 0.3) is 0 Å². The highest BCUT2D eigenvalue weighted by Gasteiger charge is 2.36. The Balaban J connectivity index is 2.09. The molecule has 1 rings (SSSR count). The summed E-state index contributed by atoms with van der Waals surface area (Å²) in [6.07, 6.45) is 0. The minimum absolute atomic E-state index is 0.247. The number of hydrogen-bond acceptors (Lipinski definition) is 2. The Morgan fingerprint density at radius 3 is 2.67 bits per heavy atom. The van der Waals surface area contributed by atoms with Crippen LogP contribution in [0.1, 0.15) is 6.92 Å². The molecule has 0 aliphatic carbocycles. The molecule has 0 amide bonds. The van der Waals surface area contributed by atoms with Crippen LogP contribution in [-0.4, -0.2) is 32.0 Å². The fourth-order valence-electron chi connectivity index (χ4n) is 0.783. The quantitative estimate of drug-likeness (QED) is 0.599. The number of halogens is 1. The van der Waals surface area contributed by atoms with Crippen LogP contribution in [0.5, 0.6) is 0 Å². The number of hydrogen-bond donors (Lipinski definition) is 1. The fraction of sp³-hybridized carbons (Fsp3) is 1.00. The predicted octanol–water partition coefficient (Wildman–Crippen LogP) is 0.334. The van der Waals surface area contributed by atoms with Gasteiger partial charge >= 0.3 is 0 Å². The first-order valence-electron chi connectivity index (χ1n) is 3.24. The number of alkyl halides is 1.